The van der Waals surface area contributed by atoms with Crippen molar-refractivity contribution in [1.82, 2.24) is 4.98 Å². The molecule has 0 N–H and O–H groups in total. The number of nitrogens with zero attached hydrogens (tertiary/aromatic N) is 1. The Kier molecular flexibility index (Phi) is 4.51. The molecule has 22 heavy (non-hydrogen) atoms. The van der Waals surface area contributed by atoms with Crippen LogP contribution in [-0.4, -0.2) is 11.0 Å². The molecular formula is C18H13NO2S. The third kappa shape index (κ3) is 3.54. The predicted molar refractivity (Wildman–Crippen MR) is 86.2 cm³/mol. The Morgan fingerprint density at radius 1 is 0.864 bits per heavy atom. The van der Waals surface area contributed by atoms with E-state index in [0.717, 1.165) is 4.90 Å². The van der Waals surface area contributed by atoms with Gasteiger partial charge in [-0.1, -0.05) is 48.2 Å². The van der Waals surface area contributed by atoms with Gasteiger partial charge in [0, 0.05) is 11.1 Å². The van der Waals surface area contributed by atoms with Crippen molar-refractivity contribution in [2.45, 2.75) is 9.92 Å². The minimum atomic E-state index is -0.405. The van der Waals surface area contributed by atoms with Crippen LogP contribution in [0.25, 0.3) is 0 Å². The Morgan fingerprint density at radius 2 is 1.55 bits per heavy atom. The minimum Gasteiger partial charge on any atom is -0.423 e. The van der Waals surface area contributed by atoms with Gasteiger partial charge in [0.05, 0.1) is 5.56 Å². The lowest BCUT2D eigenvalue weighted by atomic mass is 10.3. The zero-order valence-corrected chi connectivity index (χ0v) is 12.5. The number of ether oxygens (including phenoxy) is 1. The van der Waals surface area contributed by atoms with Gasteiger partial charge in [-0.3, -0.25) is 0 Å². The van der Waals surface area contributed by atoms with Crippen molar-refractivity contribution in [3.05, 3.63) is 84.6 Å². The number of para-hydroxylation sites is 1. The van der Waals surface area contributed by atoms with Crippen molar-refractivity contribution in [1.29, 1.82) is 0 Å². The number of carbonyl (C=O) groups is 1. The largest absolute Gasteiger partial charge is 0.423 e. The third-order valence-electron chi connectivity index (χ3n) is 2.90. The molecule has 3 rings (SSSR count). The summed E-state index contributed by atoms with van der Waals surface area (Å²) in [6.45, 7) is 0. The number of pyridine rings is 1. The molecule has 1 aromatic heterocycles. The van der Waals surface area contributed by atoms with Gasteiger partial charge in [-0.25, -0.2) is 9.78 Å². The average molecular weight is 307 g/mol. The van der Waals surface area contributed by atoms with E-state index in [-0.39, 0.29) is 0 Å². The van der Waals surface area contributed by atoms with E-state index in [1.54, 1.807) is 30.5 Å². The van der Waals surface area contributed by atoms with Crippen LogP contribution < -0.4 is 4.74 Å². The fraction of sp³-hybridized carbons (Fsp3) is 0. The van der Waals surface area contributed by atoms with Crippen LogP contribution in [0.5, 0.6) is 5.75 Å². The summed E-state index contributed by atoms with van der Waals surface area (Å²) in [7, 11) is 0. The van der Waals surface area contributed by atoms with Crippen molar-refractivity contribution >= 4 is 17.7 Å². The molecule has 4 heteroatoms. The molecule has 1 heterocycles. The smallest absolute Gasteiger partial charge is 0.346 e. The summed E-state index contributed by atoms with van der Waals surface area (Å²) in [6, 6.07) is 22.3. The minimum absolute atomic E-state index is 0.405. The van der Waals surface area contributed by atoms with Gasteiger partial charge in [0.2, 0.25) is 0 Å². The number of esters is 1. The molecule has 3 nitrogen and oxygen atoms in total. The molecule has 0 radical (unpaired) electrons. The molecule has 0 unspecified atom stereocenters. The molecule has 0 saturated heterocycles. The lowest BCUT2D eigenvalue weighted by molar-refractivity contribution is 0.0730. The fourth-order valence-electron chi connectivity index (χ4n) is 1.88. The van der Waals surface area contributed by atoms with E-state index in [1.807, 2.05) is 48.5 Å². The van der Waals surface area contributed by atoms with Crippen LogP contribution in [0, 0.1) is 0 Å². The molecule has 0 aliphatic rings. The van der Waals surface area contributed by atoms with E-state index in [0.29, 0.717) is 16.3 Å². The Balaban J connectivity index is 1.83. The second kappa shape index (κ2) is 6.91. The summed E-state index contributed by atoms with van der Waals surface area (Å²) in [6.07, 6.45) is 1.67. The lowest BCUT2D eigenvalue weighted by Gasteiger charge is -2.08. The Bertz CT molecular complexity index is 760. The third-order valence-corrected chi connectivity index (χ3v) is 3.93. The molecule has 0 aliphatic heterocycles. The van der Waals surface area contributed by atoms with Gasteiger partial charge in [-0.15, -0.1) is 0 Å². The van der Waals surface area contributed by atoms with Gasteiger partial charge in [-0.05, 0) is 36.4 Å². The zero-order chi connectivity index (χ0) is 15.2. The monoisotopic (exact) mass is 307 g/mol. The maximum Gasteiger partial charge on any atom is 0.346 e. The highest BCUT2D eigenvalue weighted by Crippen LogP contribution is 2.28. The molecule has 3 aromatic rings. The predicted octanol–water partition coefficient (Wildman–Crippen LogP) is 4.45. The van der Waals surface area contributed by atoms with E-state index in [2.05, 4.69) is 4.98 Å². The SMILES string of the molecule is O=C(Oc1ccccc1)c1cccnc1Sc1ccccc1. The van der Waals surface area contributed by atoms with Crippen molar-refractivity contribution < 1.29 is 9.53 Å². The lowest BCUT2D eigenvalue weighted by Crippen LogP contribution is -2.10. The number of carbonyl (C=O) groups excluding carboxylic acids is 1. The molecule has 0 amide bonds. The van der Waals surface area contributed by atoms with Crippen LogP contribution in [0.15, 0.2) is 88.9 Å². The first-order valence-corrected chi connectivity index (χ1v) is 7.60. The molecule has 0 aliphatic carbocycles. The normalized spacial score (nSPS) is 10.2. The summed E-state index contributed by atoms with van der Waals surface area (Å²) in [5.74, 6) is 0.116. The number of benzene rings is 2. The summed E-state index contributed by atoms with van der Waals surface area (Å²) < 4.78 is 5.39. The van der Waals surface area contributed by atoms with Crippen molar-refractivity contribution in [3.8, 4) is 5.75 Å². The van der Waals surface area contributed by atoms with Gasteiger partial charge in [0.15, 0.2) is 0 Å². The van der Waals surface area contributed by atoms with Gasteiger partial charge in [0.1, 0.15) is 10.8 Å². The molecule has 0 spiro atoms. The quantitative estimate of drug-likeness (QED) is 0.527. The van der Waals surface area contributed by atoms with Crippen LogP contribution >= 0.6 is 11.8 Å². The van der Waals surface area contributed by atoms with Crippen LogP contribution in [0.4, 0.5) is 0 Å². The zero-order valence-electron chi connectivity index (χ0n) is 11.7. The number of aromatic nitrogens is 1. The molecule has 0 saturated carbocycles. The van der Waals surface area contributed by atoms with Crippen LogP contribution in [0.2, 0.25) is 0 Å². The van der Waals surface area contributed by atoms with Crippen LogP contribution in [0.3, 0.4) is 0 Å². The number of rotatable bonds is 4. The van der Waals surface area contributed by atoms with Crippen molar-refractivity contribution in [2.75, 3.05) is 0 Å². The molecule has 108 valence electrons. The van der Waals surface area contributed by atoms with Crippen LogP contribution in [0.1, 0.15) is 10.4 Å². The van der Waals surface area contributed by atoms with Crippen molar-refractivity contribution in [2.24, 2.45) is 0 Å². The van der Waals surface area contributed by atoms with Gasteiger partial charge < -0.3 is 4.74 Å². The summed E-state index contributed by atoms with van der Waals surface area (Å²) in [4.78, 5) is 17.7. The second-order valence-corrected chi connectivity index (χ2v) is 5.54. The fourth-order valence-corrected chi connectivity index (χ4v) is 2.77. The van der Waals surface area contributed by atoms with E-state index in [9.17, 15) is 4.79 Å². The highest BCUT2D eigenvalue weighted by atomic mass is 32.2. The van der Waals surface area contributed by atoms with Gasteiger partial charge in [-0.2, -0.15) is 0 Å². The Labute approximate surface area is 133 Å². The summed E-state index contributed by atoms with van der Waals surface area (Å²) >= 11 is 1.44. The molecule has 0 fully saturated rings. The Hall–Kier alpha value is -2.59. The number of hydrogen-bond donors (Lipinski definition) is 0. The van der Waals surface area contributed by atoms with E-state index < -0.39 is 5.97 Å². The molecule has 0 atom stereocenters. The van der Waals surface area contributed by atoms with Gasteiger partial charge >= 0.3 is 5.97 Å². The van der Waals surface area contributed by atoms with Crippen molar-refractivity contribution in [3.63, 3.8) is 0 Å². The topological polar surface area (TPSA) is 39.2 Å². The average Bonchev–Trinajstić information content (AvgIpc) is 2.57. The maximum absolute atomic E-state index is 12.3. The highest BCUT2D eigenvalue weighted by Gasteiger charge is 2.15. The van der Waals surface area contributed by atoms with Gasteiger partial charge in [0.25, 0.3) is 0 Å². The van der Waals surface area contributed by atoms with E-state index in [1.165, 1.54) is 11.8 Å². The Morgan fingerprint density at radius 3 is 2.27 bits per heavy atom. The first-order chi connectivity index (χ1) is 10.8. The second-order valence-electron chi connectivity index (χ2n) is 4.47. The first-order valence-electron chi connectivity index (χ1n) is 6.78. The molecular weight excluding hydrogens is 294 g/mol. The first kappa shape index (κ1) is 14.4. The summed E-state index contributed by atoms with van der Waals surface area (Å²) in [5.41, 5.74) is 0.459. The number of hydrogen-bond acceptors (Lipinski definition) is 4. The van der Waals surface area contributed by atoms with Crippen LogP contribution in [-0.2, 0) is 0 Å². The van der Waals surface area contributed by atoms with E-state index in [4.69, 9.17) is 4.74 Å². The maximum atomic E-state index is 12.3. The standard InChI is InChI=1S/C18H13NO2S/c20-18(21-14-8-3-1-4-9-14)16-12-7-13-19-17(16)22-15-10-5-2-6-11-15/h1-13H. The molecule has 0 bridgehead atoms. The highest BCUT2D eigenvalue weighted by molar-refractivity contribution is 7.99. The summed E-state index contributed by atoms with van der Waals surface area (Å²) in [5, 5.41) is 0.634. The molecule has 2 aromatic carbocycles. The van der Waals surface area contributed by atoms with E-state index >= 15 is 0 Å².